The molecule has 23 heavy (non-hydrogen) atoms. The Morgan fingerprint density at radius 2 is 1.74 bits per heavy atom. The molecule has 0 aromatic heterocycles. The minimum absolute atomic E-state index is 0.281. The molecule has 0 saturated heterocycles. The van der Waals surface area contributed by atoms with Gasteiger partial charge in [0, 0.05) is 10.7 Å². The quantitative estimate of drug-likeness (QED) is 0.833. The van der Waals surface area contributed by atoms with Gasteiger partial charge < -0.3 is 10.1 Å². The van der Waals surface area contributed by atoms with Crippen molar-refractivity contribution in [2.75, 3.05) is 11.9 Å². The zero-order valence-corrected chi connectivity index (χ0v) is 13.8. The number of carbonyl (C=O) groups excluding carboxylic acids is 2. The third kappa shape index (κ3) is 4.83. The fraction of sp³-hybridized carbons (Fsp3) is 0.222. The highest BCUT2D eigenvalue weighted by Crippen LogP contribution is 2.23. The van der Waals surface area contributed by atoms with Crippen LogP contribution >= 0.6 is 11.6 Å². The first-order chi connectivity index (χ1) is 11.0. The second-order valence-electron chi connectivity index (χ2n) is 5.37. The first-order valence-corrected chi connectivity index (χ1v) is 7.66. The van der Waals surface area contributed by atoms with Crippen molar-refractivity contribution >= 4 is 29.2 Å². The number of halogens is 1. The zero-order chi connectivity index (χ0) is 16.8. The summed E-state index contributed by atoms with van der Waals surface area (Å²) in [5.41, 5.74) is 2.12. The molecule has 120 valence electrons. The van der Waals surface area contributed by atoms with Crippen LogP contribution in [0, 0.1) is 0 Å². The molecular weight excluding hydrogens is 314 g/mol. The zero-order valence-electron chi connectivity index (χ0n) is 13.0. The number of para-hydroxylation sites is 1. The van der Waals surface area contributed by atoms with Crippen LogP contribution in [-0.4, -0.2) is 18.5 Å². The first-order valence-electron chi connectivity index (χ1n) is 7.29. The van der Waals surface area contributed by atoms with Crippen molar-refractivity contribution in [3.8, 4) is 0 Å². The van der Waals surface area contributed by atoms with E-state index >= 15 is 0 Å². The summed E-state index contributed by atoms with van der Waals surface area (Å²) in [7, 11) is 0. The lowest BCUT2D eigenvalue weighted by Crippen LogP contribution is -2.21. The number of esters is 1. The maximum atomic E-state index is 12.0. The molecule has 0 bridgehead atoms. The van der Waals surface area contributed by atoms with Crippen molar-refractivity contribution in [3.63, 3.8) is 0 Å². The second-order valence-corrected chi connectivity index (χ2v) is 5.81. The van der Waals surface area contributed by atoms with E-state index in [0.717, 1.165) is 11.3 Å². The number of ether oxygens (including phenoxy) is 1. The van der Waals surface area contributed by atoms with E-state index in [-0.39, 0.29) is 18.4 Å². The van der Waals surface area contributed by atoms with Crippen LogP contribution in [0.25, 0.3) is 0 Å². The number of hydrogen-bond donors (Lipinski definition) is 1. The predicted octanol–water partition coefficient (Wildman–Crippen LogP) is 4.26. The number of hydrogen-bond acceptors (Lipinski definition) is 3. The molecule has 2 aromatic rings. The van der Waals surface area contributed by atoms with Gasteiger partial charge in [-0.2, -0.15) is 0 Å². The van der Waals surface area contributed by atoms with E-state index in [2.05, 4.69) is 5.32 Å². The van der Waals surface area contributed by atoms with Gasteiger partial charge in [-0.1, -0.05) is 43.6 Å². The van der Waals surface area contributed by atoms with Crippen LogP contribution in [0.1, 0.15) is 35.7 Å². The van der Waals surface area contributed by atoms with Crippen molar-refractivity contribution in [2.45, 2.75) is 19.8 Å². The molecule has 4 nitrogen and oxygen atoms in total. The Morgan fingerprint density at radius 1 is 1.09 bits per heavy atom. The average molecular weight is 332 g/mol. The summed E-state index contributed by atoms with van der Waals surface area (Å²) in [4.78, 5) is 23.8. The van der Waals surface area contributed by atoms with E-state index in [1.807, 2.05) is 38.1 Å². The lowest BCUT2D eigenvalue weighted by molar-refractivity contribution is -0.119. The van der Waals surface area contributed by atoms with Crippen LogP contribution in [0.5, 0.6) is 0 Å². The molecule has 0 spiro atoms. The van der Waals surface area contributed by atoms with Crippen LogP contribution in [0.2, 0.25) is 5.02 Å². The average Bonchev–Trinajstić information content (AvgIpc) is 2.53. The molecule has 1 N–H and O–H groups in total. The number of rotatable bonds is 5. The van der Waals surface area contributed by atoms with Gasteiger partial charge in [0.2, 0.25) is 0 Å². The maximum Gasteiger partial charge on any atom is 0.338 e. The molecule has 0 atom stereocenters. The Kier molecular flexibility index (Phi) is 5.77. The minimum Gasteiger partial charge on any atom is -0.452 e. The van der Waals surface area contributed by atoms with Gasteiger partial charge in [-0.15, -0.1) is 0 Å². The molecule has 0 fully saturated rings. The van der Waals surface area contributed by atoms with E-state index in [9.17, 15) is 9.59 Å². The van der Waals surface area contributed by atoms with Crippen molar-refractivity contribution in [1.29, 1.82) is 0 Å². The van der Waals surface area contributed by atoms with Gasteiger partial charge in [-0.3, -0.25) is 4.79 Å². The molecule has 0 saturated carbocycles. The molecule has 0 aliphatic heterocycles. The summed E-state index contributed by atoms with van der Waals surface area (Å²) >= 11 is 5.76. The fourth-order valence-electron chi connectivity index (χ4n) is 2.10. The largest absolute Gasteiger partial charge is 0.452 e. The third-order valence-corrected chi connectivity index (χ3v) is 3.52. The molecule has 0 aliphatic rings. The van der Waals surface area contributed by atoms with Crippen molar-refractivity contribution in [1.82, 2.24) is 0 Å². The molecule has 0 aliphatic carbocycles. The van der Waals surface area contributed by atoms with Gasteiger partial charge in [-0.25, -0.2) is 4.79 Å². The third-order valence-electron chi connectivity index (χ3n) is 3.27. The second kappa shape index (κ2) is 7.79. The molecule has 0 heterocycles. The van der Waals surface area contributed by atoms with E-state index in [1.54, 1.807) is 24.3 Å². The first kappa shape index (κ1) is 17.0. The standard InChI is InChI=1S/C18H18ClNO3/c1-12(2)15-5-3-4-6-16(15)20-17(21)11-23-18(22)13-7-9-14(19)10-8-13/h3-10,12H,11H2,1-2H3,(H,20,21). The van der Waals surface area contributed by atoms with Crippen molar-refractivity contribution in [3.05, 3.63) is 64.7 Å². The Morgan fingerprint density at radius 3 is 2.39 bits per heavy atom. The van der Waals surface area contributed by atoms with Gasteiger partial charge in [0.1, 0.15) is 0 Å². The molecule has 0 radical (unpaired) electrons. The van der Waals surface area contributed by atoms with Gasteiger partial charge in [0.25, 0.3) is 5.91 Å². The maximum absolute atomic E-state index is 12.0. The van der Waals surface area contributed by atoms with Gasteiger partial charge >= 0.3 is 5.97 Å². The Labute approximate surface area is 140 Å². The molecular formula is C18H18ClNO3. The van der Waals surface area contributed by atoms with E-state index in [4.69, 9.17) is 16.3 Å². The minimum atomic E-state index is -0.561. The normalized spacial score (nSPS) is 10.4. The van der Waals surface area contributed by atoms with Crippen LogP contribution in [0.15, 0.2) is 48.5 Å². The molecule has 5 heteroatoms. The highest BCUT2D eigenvalue weighted by Gasteiger charge is 2.12. The summed E-state index contributed by atoms with van der Waals surface area (Å²) in [6, 6.07) is 13.8. The van der Waals surface area contributed by atoms with Crippen LogP contribution in [0.3, 0.4) is 0 Å². The smallest absolute Gasteiger partial charge is 0.338 e. The van der Waals surface area contributed by atoms with Gasteiger partial charge in [-0.05, 0) is 41.8 Å². The van der Waals surface area contributed by atoms with Crippen molar-refractivity contribution < 1.29 is 14.3 Å². The number of carbonyl (C=O) groups is 2. The Bertz CT molecular complexity index is 696. The SMILES string of the molecule is CC(C)c1ccccc1NC(=O)COC(=O)c1ccc(Cl)cc1. The Balaban J connectivity index is 1.93. The summed E-state index contributed by atoms with van der Waals surface area (Å²) in [5.74, 6) is -0.655. The summed E-state index contributed by atoms with van der Waals surface area (Å²) in [6.45, 7) is 3.75. The predicted molar refractivity (Wildman–Crippen MR) is 90.9 cm³/mol. The molecule has 2 aromatic carbocycles. The van der Waals surface area contributed by atoms with E-state index < -0.39 is 5.97 Å². The lowest BCUT2D eigenvalue weighted by Gasteiger charge is -2.13. The number of anilines is 1. The van der Waals surface area contributed by atoms with Gasteiger partial charge in [0.05, 0.1) is 5.56 Å². The van der Waals surface area contributed by atoms with Crippen molar-refractivity contribution in [2.24, 2.45) is 0 Å². The molecule has 1 amide bonds. The summed E-state index contributed by atoms with van der Waals surface area (Å²) in [6.07, 6.45) is 0. The summed E-state index contributed by atoms with van der Waals surface area (Å²) < 4.78 is 5.01. The van der Waals surface area contributed by atoms with Gasteiger partial charge in [0.15, 0.2) is 6.61 Å². The Hall–Kier alpha value is -2.33. The van der Waals surface area contributed by atoms with E-state index in [0.29, 0.717) is 10.6 Å². The fourth-order valence-corrected chi connectivity index (χ4v) is 2.23. The highest BCUT2D eigenvalue weighted by molar-refractivity contribution is 6.30. The lowest BCUT2D eigenvalue weighted by atomic mass is 10.0. The summed E-state index contributed by atoms with van der Waals surface area (Å²) in [5, 5.41) is 3.30. The number of benzene rings is 2. The van der Waals surface area contributed by atoms with Crippen LogP contribution in [-0.2, 0) is 9.53 Å². The van der Waals surface area contributed by atoms with Crippen LogP contribution in [0.4, 0.5) is 5.69 Å². The molecule has 2 rings (SSSR count). The molecule has 0 unspecified atom stereocenters. The van der Waals surface area contributed by atoms with E-state index in [1.165, 1.54) is 0 Å². The van der Waals surface area contributed by atoms with Crippen LogP contribution < -0.4 is 5.32 Å². The topological polar surface area (TPSA) is 55.4 Å². The highest BCUT2D eigenvalue weighted by atomic mass is 35.5. The number of nitrogens with one attached hydrogen (secondary N) is 1. The number of amides is 1. The monoisotopic (exact) mass is 331 g/mol.